The van der Waals surface area contributed by atoms with E-state index in [1.807, 2.05) is 38.2 Å². The highest BCUT2D eigenvalue weighted by Gasteiger charge is 2.31. The second-order valence-corrected chi connectivity index (χ2v) is 8.53. The van der Waals surface area contributed by atoms with Crippen LogP contribution in [0.1, 0.15) is 47.4 Å². The maximum atomic E-state index is 11.4. The van der Waals surface area contributed by atoms with Gasteiger partial charge in [-0.3, -0.25) is 4.79 Å². The summed E-state index contributed by atoms with van der Waals surface area (Å²) in [6.45, 7) is 6.27. The standard InChI is InChI=1S/C26H30N2O4/c1-15-5-6-19(14-24(15)27-4)25-28-23(17(3)32-25)11-12-31-20-8-10-22-18(13-20)7-9-21(22)16(2)26(29)30/h5-6,8,10,13-14,16,21,27H,7,9,11-12H2,1-4H3,(H,29,30)/t16-,21-/m0/s1. The molecule has 1 aliphatic rings. The molecule has 168 valence electrons. The minimum absolute atomic E-state index is 0.0814. The van der Waals surface area contributed by atoms with E-state index in [1.54, 1.807) is 6.92 Å². The topological polar surface area (TPSA) is 84.6 Å². The third-order valence-electron chi connectivity index (χ3n) is 6.49. The van der Waals surface area contributed by atoms with E-state index >= 15 is 0 Å². The van der Waals surface area contributed by atoms with Crippen molar-refractivity contribution < 1.29 is 19.1 Å². The van der Waals surface area contributed by atoms with E-state index in [9.17, 15) is 9.90 Å². The molecule has 0 spiro atoms. The summed E-state index contributed by atoms with van der Waals surface area (Å²) in [5.41, 5.74) is 6.40. The van der Waals surface area contributed by atoms with Crippen LogP contribution in [0, 0.1) is 19.8 Å². The number of carboxylic acid groups (broad SMARTS) is 1. The van der Waals surface area contributed by atoms with Gasteiger partial charge in [0, 0.05) is 24.7 Å². The number of carboxylic acids is 1. The Morgan fingerprint density at radius 3 is 2.84 bits per heavy atom. The maximum absolute atomic E-state index is 11.4. The second kappa shape index (κ2) is 9.07. The number of nitrogens with one attached hydrogen (secondary N) is 1. The van der Waals surface area contributed by atoms with Gasteiger partial charge in [0.05, 0.1) is 18.2 Å². The lowest BCUT2D eigenvalue weighted by molar-refractivity contribution is -0.141. The summed E-state index contributed by atoms with van der Waals surface area (Å²) in [7, 11) is 1.90. The van der Waals surface area contributed by atoms with E-state index in [0.29, 0.717) is 18.9 Å². The first-order valence-electron chi connectivity index (χ1n) is 11.1. The van der Waals surface area contributed by atoms with Crippen LogP contribution in [0.25, 0.3) is 11.5 Å². The van der Waals surface area contributed by atoms with Gasteiger partial charge in [-0.2, -0.15) is 0 Å². The van der Waals surface area contributed by atoms with Crippen molar-refractivity contribution in [3.05, 3.63) is 64.5 Å². The van der Waals surface area contributed by atoms with Gasteiger partial charge in [-0.15, -0.1) is 0 Å². The van der Waals surface area contributed by atoms with E-state index in [1.165, 1.54) is 11.1 Å². The van der Waals surface area contributed by atoms with Gasteiger partial charge >= 0.3 is 5.97 Å². The molecule has 4 rings (SSSR count). The Morgan fingerprint density at radius 2 is 2.09 bits per heavy atom. The molecular weight excluding hydrogens is 404 g/mol. The fraction of sp³-hybridized carbons (Fsp3) is 0.385. The summed E-state index contributed by atoms with van der Waals surface area (Å²) >= 11 is 0. The quantitative estimate of drug-likeness (QED) is 0.496. The van der Waals surface area contributed by atoms with Crippen molar-refractivity contribution in [1.82, 2.24) is 4.98 Å². The molecule has 6 nitrogen and oxygen atoms in total. The number of hydrogen-bond acceptors (Lipinski definition) is 5. The van der Waals surface area contributed by atoms with Crippen LogP contribution in [0.15, 0.2) is 40.8 Å². The Balaban J connectivity index is 1.40. The van der Waals surface area contributed by atoms with Gasteiger partial charge in [-0.05, 0) is 73.6 Å². The van der Waals surface area contributed by atoms with Crippen LogP contribution in [0.3, 0.4) is 0 Å². The molecule has 0 saturated carbocycles. The number of anilines is 1. The molecule has 0 saturated heterocycles. The predicted octanol–water partition coefficient (Wildman–Crippen LogP) is 5.37. The van der Waals surface area contributed by atoms with E-state index < -0.39 is 5.97 Å². The minimum Gasteiger partial charge on any atom is -0.493 e. The van der Waals surface area contributed by atoms with Crippen LogP contribution in [-0.4, -0.2) is 29.7 Å². The number of nitrogens with zero attached hydrogens (tertiary/aromatic N) is 1. The summed E-state index contributed by atoms with van der Waals surface area (Å²) < 4.78 is 11.9. The lowest BCUT2D eigenvalue weighted by Crippen LogP contribution is -2.17. The zero-order valence-electron chi connectivity index (χ0n) is 19.1. The zero-order valence-corrected chi connectivity index (χ0v) is 19.1. The number of aliphatic carboxylic acids is 1. The Hall–Kier alpha value is -3.28. The van der Waals surface area contributed by atoms with Gasteiger partial charge in [0.2, 0.25) is 5.89 Å². The summed E-state index contributed by atoms with van der Waals surface area (Å²) in [5.74, 6) is 1.20. The molecule has 1 heterocycles. The number of hydrogen-bond donors (Lipinski definition) is 2. The van der Waals surface area contributed by atoms with Crippen LogP contribution in [0.2, 0.25) is 0 Å². The molecule has 0 aliphatic heterocycles. The van der Waals surface area contributed by atoms with E-state index in [0.717, 1.165) is 46.9 Å². The SMILES string of the molecule is CNc1cc(-c2nc(CCOc3ccc4c(c3)CC[C@H]4[C@H](C)C(=O)O)c(C)o2)ccc1C. The molecule has 2 aromatic carbocycles. The second-order valence-electron chi connectivity index (χ2n) is 8.53. The lowest BCUT2D eigenvalue weighted by Gasteiger charge is -2.16. The zero-order chi connectivity index (χ0) is 22.8. The van der Waals surface area contributed by atoms with Crippen LogP contribution in [-0.2, 0) is 17.6 Å². The summed E-state index contributed by atoms with van der Waals surface area (Å²) in [6, 6.07) is 12.1. The number of aryl methyl sites for hydroxylation is 3. The van der Waals surface area contributed by atoms with Gasteiger partial charge in [-0.25, -0.2) is 4.98 Å². The van der Waals surface area contributed by atoms with Crippen molar-refractivity contribution >= 4 is 11.7 Å². The molecule has 6 heteroatoms. The first kappa shape index (κ1) is 21.9. The van der Waals surface area contributed by atoms with E-state index in [-0.39, 0.29) is 11.8 Å². The molecule has 2 N–H and O–H groups in total. The van der Waals surface area contributed by atoms with Crippen LogP contribution >= 0.6 is 0 Å². The highest BCUT2D eigenvalue weighted by atomic mass is 16.5. The Kier molecular flexibility index (Phi) is 6.21. The van der Waals surface area contributed by atoms with Crippen molar-refractivity contribution in [2.45, 2.75) is 46.0 Å². The number of oxazole rings is 1. The van der Waals surface area contributed by atoms with Gasteiger partial charge < -0.3 is 19.6 Å². The monoisotopic (exact) mass is 434 g/mol. The van der Waals surface area contributed by atoms with Crippen molar-refractivity contribution in [2.75, 3.05) is 19.0 Å². The number of fused-ring (bicyclic) bond motifs is 1. The number of rotatable bonds is 8. The Bertz CT molecular complexity index is 1130. The average Bonchev–Trinajstić information content (AvgIpc) is 3.36. The summed E-state index contributed by atoms with van der Waals surface area (Å²) in [6.07, 6.45) is 2.42. The Morgan fingerprint density at radius 1 is 1.28 bits per heavy atom. The molecule has 3 aromatic rings. The van der Waals surface area contributed by atoms with Crippen molar-refractivity contribution in [2.24, 2.45) is 5.92 Å². The van der Waals surface area contributed by atoms with Crippen LogP contribution in [0.5, 0.6) is 5.75 Å². The average molecular weight is 435 g/mol. The van der Waals surface area contributed by atoms with Gasteiger partial charge in [0.1, 0.15) is 11.5 Å². The van der Waals surface area contributed by atoms with Crippen molar-refractivity contribution in [3.8, 4) is 17.2 Å². The molecule has 0 amide bonds. The molecular formula is C26H30N2O4. The highest BCUT2D eigenvalue weighted by Crippen LogP contribution is 2.40. The van der Waals surface area contributed by atoms with Crippen LogP contribution < -0.4 is 10.1 Å². The van der Waals surface area contributed by atoms with Gasteiger partial charge in [0.15, 0.2) is 0 Å². The maximum Gasteiger partial charge on any atom is 0.306 e. The van der Waals surface area contributed by atoms with Gasteiger partial charge in [-0.1, -0.05) is 19.1 Å². The van der Waals surface area contributed by atoms with Crippen molar-refractivity contribution in [1.29, 1.82) is 0 Å². The molecule has 2 atom stereocenters. The Labute approximate surface area is 188 Å². The first-order valence-corrected chi connectivity index (χ1v) is 11.1. The van der Waals surface area contributed by atoms with Crippen molar-refractivity contribution in [3.63, 3.8) is 0 Å². The molecule has 0 unspecified atom stereocenters. The lowest BCUT2D eigenvalue weighted by atomic mass is 9.89. The minimum atomic E-state index is -0.738. The van der Waals surface area contributed by atoms with Gasteiger partial charge in [0.25, 0.3) is 0 Å². The number of carbonyl (C=O) groups is 1. The smallest absolute Gasteiger partial charge is 0.306 e. The number of ether oxygens (including phenoxy) is 1. The highest BCUT2D eigenvalue weighted by molar-refractivity contribution is 5.71. The largest absolute Gasteiger partial charge is 0.493 e. The summed E-state index contributed by atoms with van der Waals surface area (Å²) in [4.78, 5) is 16.1. The number of aromatic nitrogens is 1. The molecule has 1 aromatic heterocycles. The first-order chi connectivity index (χ1) is 15.4. The third kappa shape index (κ3) is 4.35. The molecule has 0 radical (unpaired) electrons. The molecule has 1 aliphatic carbocycles. The fourth-order valence-corrected chi connectivity index (χ4v) is 4.48. The normalized spacial score (nSPS) is 15.9. The molecule has 0 bridgehead atoms. The summed E-state index contributed by atoms with van der Waals surface area (Å²) in [5, 5.41) is 12.5. The number of benzene rings is 2. The third-order valence-corrected chi connectivity index (χ3v) is 6.49. The van der Waals surface area contributed by atoms with E-state index in [2.05, 4.69) is 29.4 Å². The van der Waals surface area contributed by atoms with E-state index in [4.69, 9.17) is 9.15 Å². The molecule has 32 heavy (non-hydrogen) atoms. The fourth-order valence-electron chi connectivity index (χ4n) is 4.48. The van der Waals surface area contributed by atoms with Crippen LogP contribution in [0.4, 0.5) is 5.69 Å². The predicted molar refractivity (Wildman–Crippen MR) is 124 cm³/mol. The molecule has 0 fully saturated rings.